The van der Waals surface area contributed by atoms with E-state index in [9.17, 15) is 0 Å². The van der Waals surface area contributed by atoms with E-state index < -0.39 is 0 Å². The average Bonchev–Trinajstić information content (AvgIpc) is 3.35. The first-order valence-electron chi connectivity index (χ1n) is 13.2. The van der Waals surface area contributed by atoms with Crippen LogP contribution in [0.1, 0.15) is 12.7 Å². The second kappa shape index (κ2) is 7.11. The van der Waals surface area contributed by atoms with Crippen molar-refractivity contribution in [2.75, 3.05) is 0 Å². The third kappa shape index (κ3) is 2.41. The second-order valence-electron chi connectivity index (χ2n) is 10.2. The molecule has 0 saturated carbocycles. The van der Waals surface area contributed by atoms with Gasteiger partial charge in [0.05, 0.1) is 11.2 Å². The van der Waals surface area contributed by atoms with Gasteiger partial charge < -0.3 is 4.74 Å². The Morgan fingerprint density at radius 3 is 2.08 bits per heavy atom. The number of hydrogen-bond acceptors (Lipinski definition) is 2. The van der Waals surface area contributed by atoms with E-state index in [1.54, 1.807) is 0 Å². The third-order valence-electron chi connectivity index (χ3n) is 8.28. The Balaban J connectivity index is 1.43. The summed E-state index contributed by atoms with van der Waals surface area (Å²) >= 11 is 0. The fourth-order valence-electron chi connectivity index (χ4n) is 6.76. The molecule has 3 heteroatoms. The molecule has 0 saturated heterocycles. The van der Waals surface area contributed by atoms with Crippen molar-refractivity contribution in [3.05, 3.63) is 109 Å². The first-order valence-corrected chi connectivity index (χ1v) is 13.2. The molecule has 0 unspecified atom stereocenters. The van der Waals surface area contributed by atoms with E-state index in [0.29, 0.717) is 0 Å². The van der Waals surface area contributed by atoms with Crippen molar-refractivity contribution in [1.29, 1.82) is 0 Å². The average molecular weight is 487 g/mol. The van der Waals surface area contributed by atoms with Crippen LogP contribution in [-0.4, -0.2) is 9.55 Å². The van der Waals surface area contributed by atoms with Gasteiger partial charge in [-0.05, 0) is 66.9 Å². The maximum absolute atomic E-state index is 6.49. The van der Waals surface area contributed by atoms with Gasteiger partial charge in [-0.15, -0.1) is 0 Å². The van der Waals surface area contributed by atoms with Crippen LogP contribution in [-0.2, 0) is 6.42 Å². The van der Waals surface area contributed by atoms with Crippen molar-refractivity contribution in [1.82, 2.24) is 9.55 Å². The lowest BCUT2D eigenvalue weighted by Gasteiger charge is -2.24. The summed E-state index contributed by atoms with van der Waals surface area (Å²) in [7, 11) is 0. The van der Waals surface area contributed by atoms with Gasteiger partial charge in [-0.1, -0.05) is 91.9 Å². The molecule has 0 aliphatic carbocycles. The number of aryl methyl sites for hydroxylation is 1. The first-order chi connectivity index (χ1) is 18.8. The summed E-state index contributed by atoms with van der Waals surface area (Å²) in [6, 6.07) is 37.2. The monoisotopic (exact) mass is 486 g/mol. The van der Waals surface area contributed by atoms with Crippen molar-refractivity contribution in [3.8, 4) is 28.3 Å². The molecule has 1 aromatic heterocycles. The Morgan fingerprint density at radius 1 is 0.605 bits per heavy atom. The summed E-state index contributed by atoms with van der Waals surface area (Å²) in [6.07, 6.45) is 0.840. The van der Waals surface area contributed by atoms with Crippen LogP contribution < -0.4 is 4.74 Å². The Kier molecular flexibility index (Phi) is 3.78. The van der Waals surface area contributed by atoms with E-state index in [-0.39, 0.29) is 0 Å². The summed E-state index contributed by atoms with van der Waals surface area (Å²) < 4.78 is 8.81. The van der Waals surface area contributed by atoms with Crippen LogP contribution >= 0.6 is 0 Å². The molecule has 1 aliphatic heterocycles. The predicted octanol–water partition coefficient (Wildman–Crippen LogP) is 9.41. The number of para-hydroxylation sites is 2. The lowest BCUT2D eigenvalue weighted by atomic mass is 9.87. The highest BCUT2D eigenvalue weighted by Crippen LogP contribution is 2.48. The topological polar surface area (TPSA) is 27.1 Å². The quantitative estimate of drug-likeness (QED) is 0.180. The summed E-state index contributed by atoms with van der Waals surface area (Å²) in [5.41, 5.74) is 5.46. The van der Waals surface area contributed by atoms with Crippen molar-refractivity contribution in [3.63, 3.8) is 0 Å². The van der Waals surface area contributed by atoms with Gasteiger partial charge in [-0.2, -0.15) is 0 Å². The molecule has 0 fully saturated rings. The molecule has 0 radical (unpaired) electrons. The molecule has 1 aliphatic rings. The number of benzene rings is 7. The Hall–Kier alpha value is -4.89. The predicted molar refractivity (Wildman–Crippen MR) is 157 cm³/mol. The molecule has 0 amide bonds. The minimum absolute atomic E-state index is 0.840. The molecule has 178 valence electrons. The van der Waals surface area contributed by atoms with Gasteiger partial charge in [-0.25, -0.2) is 4.98 Å². The van der Waals surface area contributed by atoms with Gasteiger partial charge in [-0.3, -0.25) is 4.57 Å². The molecular formula is C35H22N2O. The Labute approximate surface area is 218 Å². The summed E-state index contributed by atoms with van der Waals surface area (Å²) in [4.78, 5) is 4.98. The number of nitrogens with zero attached hydrogens (tertiary/aromatic N) is 2. The van der Waals surface area contributed by atoms with Crippen molar-refractivity contribution < 1.29 is 4.74 Å². The third-order valence-corrected chi connectivity index (χ3v) is 8.28. The number of ether oxygens (including phenoxy) is 1. The number of fused-ring (bicyclic) bond motifs is 4. The van der Waals surface area contributed by atoms with Crippen molar-refractivity contribution in [2.24, 2.45) is 0 Å². The molecule has 2 heterocycles. The minimum atomic E-state index is 0.840. The molecule has 9 rings (SSSR count). The number of imidazole rings is 1. The van der Waals surface area contributed by atoms with Gasteiger partial charge in [0.1, 0.15) is 11.3 Å². The van der Waals surface area contributed by atoms with Crippen LogP contribution in [0.15, 0.2) is 103 Å². The zero-order valence-electron chi connectivity index (χ0n) is 20.8. The second-order valence-corrected chi connectivity index (χ2v) is 10.2. The minimum Gasteiger partial charge on any atom is -0.453 e. The highest BCUT2D eigenvalue weighted by atomic mass is 16.5. The smallest absolute Gasteiger partial charge is 0.153 e. The lowest BCUT2D eigenvalue weighted by molar-refractivity contribution is 0.474. The molecule has 0 spiro atoms. The van der Waals surface area contributed by atoms with E-state index in [1.807, 2.05) is 12.1 Å². The fraction of sp³-hybridized carbons (Fsp3) is 0.0571. The molecule has 0 atom stereocenters. The number of rotatable bonds is 2. The maximum atomic E-state index is 6.49. The zero-order valence-corrected chi connectivity index (χ0v) is 20.8. The summed E-state index contributed by atoms with van der Waals surface area (Å²) in [5, 5.41) is 10.4. The molecule has 0 N–H and O–H groups in total. The van der Waals surface area contributed by atoms with Gasteiger partial charge in [0.25, 0.3) is 0 Å². The normalized spacial score (nSPS) is 12.7. The van der Waals surface area contributed by atoms with Gasteiger partial charge >= 0.3 is 0 Å². The molecule has 7 aromatic carbocycles. The highest BCUT2D eigenvalue weighted by molar-refractivity contribution is 6.34. The summed E-state index contributed by atoms with van der Waals surface area (Å²) in [5.74, 6) is 2.78. The standard InChI is InChI=1S/C35H22N2O/c1-2-31-36-28-15-7-17-30-35(28)37(31)34-27(14-6-16-29(34)38-30)21-18-19-26-24-11-4-9-20-8-3-10-23(32(20)24)25-13-5-12-22(21)33(25)26/h3-19H,2H2,1H3. The van der Waals surface area contributed by atoms with E-state index in [2.05, 4.69) is 102 Å². The van der Waals surface area contributed by atoms with Crippen LogP contribution in [0.3, 0.4) is 0 Å². The molecular weight excluding hydrogens is 464 g/mol. The van der Waals surface area contributed by atoms with Crippen LogP contribution in [0.25, 0.3) is 70.9 Å². The van der Waals surface area contributed by atoms with E-state index in [4.69, 9.17) is 9.72 Å². The maximum Gasteiger partial charge on any atom is 0.153 e. The van der Waals surface area contributed by atoms with Gasteiger partial charge in [0, 0.05) is 12.0 Å². The number of hydrogen-bond donors (Lipinski definition) is 0. The van der Waals surface area contributed by atoms with Crippen LogP contribution in [0.5, 0.6) is 11.5 Å². The fourth-order valence-corrected chi connectivity index (χ4v) is 6.76. The molecule has 0 bridgehead atoms. The largest absolute Gasteiger partial charge is 0.453 e. The SMILES string of the molecule is CCc1nc2cccc3c2n1-c1c(cccc1-c1ccc2c4cccc5cccc(c6cccc1c62)c54)O3. The molecule has 8 aromatic rings. The highest BCUT2D eigenvalue weighted by Gasteiger charge is 2.27. The number of aromatic nitrogens is 2. The Morgan fingerprint density at radius 2 is 1.26 bits per heavy atom. The van der Waals surface area contributed by atoms with E-state index >= 15 is 0 Å². The van der Waals surface area contributed by atoms with Crippen molar-refractivity contribution in [2.45, 2.75) is 13.3 Å². The van der Waals surface area contributed by atoms with Crippen molar-refractivity contribution >= 4 is 54.1 Å². The van der Waals surface area contributed by atoms with E-state index in [1.165, 1.54) is 48.7 Å². The molecule has 38 heavy (non-hydrogen) atoms. The summed E-state index contributed by atoms with van der Waals surface area (Å²) in [6.45, 7) is 2.17. The van der Waals surface area contributed by atoms with Gasteiger partial charge in [0.2, 0.25) is 0 Å². The van der Waals surface area contributed by atoms with Crippen LogP contribution in [0.2, 0.25) is 0 Å². The lowest BCUT2D eigenvalue weighted by Crippen LogP contribution is -2.09. The van der Waals surface area contributed by atoms with Crippen LogP contribution in [0, 0.1) is 0 Å². The van der Waals surface area contributed by atoms with Crippen LogP contribution in [0.4, 0.5) is 0 Å². The van der Waals surface area contributed by atoms with Gasteiger partial charge in [0.15, 0.2) is 11.5 Å². The Bertz CT molecular complexity index is 2210. The van der Waals surface area contributed by atoms with E-state index in [0.717, 1.165) is 46.0 Å². The zero-order chi connectivity index (χ0) is 25.0. The molecule has 3 nitrogen and oxygen atoms in total. The first kappa shape index (κ1) is 20.2.